The van der Waals surface area contributed by atoms with Gasteiger partial charge in [-0.1, -0.05) is 59.3 Å². The van der Waals surface area contributed by atoms with Crippen molar-refractivity contribution in [2.45, 2.75) is 105 Å². The zero-order valence-corrected chi connectivity index (χ0v) is 19.6. The topological polar surface area (TPSA) is 0 Å². The summed E-state index contributed by atoms with van der Waals surface area (Å²) in [6.45, 7) is 21.8. The van der Waals surface area contributed by atoms with Crippen molar-refractivity contribution in [1.29, 1.82) is 0 Å². The number of hydrogen-bond donors (Lipinski definition) is 0. The monoisotopic (exact) mass is 382 g/mol. The van der Waals surface area contributed by atoms with Gasteiger partial charge in [-0.3, -0.25) is 0 Å². The van der Waals surface area contributed by atoms with E-state index >= 15 is 0 Å². The Morgan fingerprint density at radius 1 is 0.857 bits per heavy atom. The molecule has 0 heteroatoms. The molecular weight excluding hydrogens is 336 g/mol. The van der Waals surface area contributed by atoms with Gasteiger partial charge in [0.2, 0.25) is 0 Å². The molecule has 28 heavy (non-hydrogen) atoms. The van der Waals surface area contributed by atoms with E-state index < -0.39 is 0 Å². The third-order valence-electron chi connectivity index (χ3n) is 11.3. The van der Waals surface area contributed by atoms with E-state index in [1.165, 1.54) is 63.4 Å². The summed E-state index contributed by atoms with van der Waals surface area (Å²) in [5.74, 6) is 3.52. The number of rotatable bonds is 4. The Labute approximate surface area is 175 Å². The van der Waals surface area contributed by atoms with Gasteiger partial charge >= 0.3 is 0 Å². The minimum absolute atomic E-state index is 0.521. The van der Waals surface area contributed by atoms with Crippen LogP contribution in [0.15, 0.2) is 24.8 Å². The SMILES string of the molecule is C=CCCC(=C)[C@@H]1CC[C@]2(C)[C@@H]1CC[C@@H]1[C@@]3(C)CCCC(C)(C)[C@@H]3CC[C@]12C. The van der Waals surface area contributed by atoms with Gasteiger partial charge in [-0.15, -0.1) is 6.58 Å². The maximum absolute atomic E-state index is 4.57. The molecular formula is C28H46. The van der Waals surface area contributed by atoms with Crippen molar-refractivity contribution in [1.82, 2.24) is 0 Å². The fraction of sp³-hybridized carbons (Fsp3) is 0.857. The van der Waals surface area contributed by atoms with Crippen LogP contribution >= 0.6 is 0 Å². The lowest BCUT2D eigenvalue weighted by atomic mass is 9.36. The minimum atomic E-state index is 0.521. The van der Waals surface area contributed by atoms with Crippen LogP contribution in [-0.4, -0.2) is 0 Å². The third kappa shape index (κ3) is 2.68. The highest BCUT2D eigenvalue weighted by molar-refractivity contribution is 5.20. The molecule has 158 valence electrons. The molecule has 0 aromatic heterocycles. The molecule has 0 bridgehead atoms. The number of allylic oxidation sites excluding steroid dienone is 2. The molecule has 0 spiro atoms. The van der Waals surface area contributed by atoms with Crippen molar-refractivity contribution >= 4 is 0 Å². The Bertz CT molecular complexity index is 640. The lowest BCUT2D eigenvalue weighted by molar-refractivity contribution is -0.201. The summed E-state index contributed by atoms with van der Waals surface area (Å²) in [5, 5.41) is 0. The minimum Gasteiger partial charge on any atom is -0.103 e. The second-order valence-corrected chi connectivity index (χ2v) is 12.6. The molecule has 7 atom stereocenters. The van der Waals surface area contributed by atoms with E-state index in [2.05, 4.69) is 53.9 Å². The fourth-order valence-electron chi connectivity index (χ4n) is 9.80. The van der Waals surface area contributed by atoms with Gasteiger partial charge in [0.1, 0.15) is 0 Å². The van der Waals surface area contributed by atoms with Gasteiger partial charge in [0.25, 0.3) is 0 Å². The van der Waals surface area contributed by atoms with Crippen LogP contribution in [0, 0.1) is 45.3 Å². The Morgan fingerprint density at radius 2 is 1.57 bits per heavy atom. The largest absolute Gasteiger partial charge is 0.103 e. The molecule has 0 saturated heterocycles. The van der Waals surface area contributed by atoms with Crippen LogP contribution in [0.1, 0.15) is 105 Å². The quantitative estimate of drug-likeness (QED) is 0.427. The van der Waals surface area contributed by atoms with Crippen LogP contribution < -0.4 is 0 Å². The van der Waals surface area contributed by atoms with Crippen molar-refractivity contribution in [3.05, 3.63) is 24.8 Å². The molecule has 4 fully saturated rings. The summed E-state index contributed by atoms with van der Waals surface area (Å²) in [6.07, 6.45) is 17.4. The van der Waals surface area contributed by atoms with Crippen molar-refractivity contribution in [2.75, 3.05) is 0 Å². The molecule has 0 N–H and O–H groups in total. The molecule has 0 nitrogen and oxygen atoms in total. The molecule has 0 heterocycles. The van der Waals surface area contributed by atoms with Crippen molar-refractivity contribution in [3.8, 4) is 0 Å². The summed E-state index contributed by atoms with van der Waals surface area (Å²) in [5.41, 5.74) is 3.70. The molecule has 0 radical (unpaired) electrons. The average Bonchev–Trinajstić information content (AvgIpc) is 2.97. The van der Waals surface area contributed by atoms with Crippen molar-refractivity contribution < 1.29 is 0 Å². The molecule has 0 unspecified atom stereocenters. The van der Waals surface area contributed by atoms with Gasteiger partial charge in [-0.05, 0) is 110 Å². The number of hydrogen-bond acceptors (Lipinski definition) is 0. The van der Waals surface area contributed by atoms with Crippen LogP contribution in [0.2, 0.25) is 0 Å². The highest BCUT2D eigenvalue weighted by Crippen LogP contribution is 2.75. The zero-order valence-electron chi connectivity index (χ0n) is 19.6. The van der Waals surface area contributed by atoms with Crippen LogP contribution in [0.25, 0.3) is 0 Å². The van der Waals surface area contributed by atoms with Crippen LogP contribution in [0.3, 0.4) is 0 Å². The predicted molar refractivity (Wildman–Crippen MR) is 122 cm³/mol. The van der Waals surface area contributed by atoms with Crippen LogP contribution in [-0.2, 0) is 0 Å². The van der Waals surface area contributed by atoms with Crippen LogP contribution in [0.5, 0.6) is 0 Å². The van der Waals surface area contributed by atoms with E-state index in [-0.39, 0.29) is 0 Å². The maximum Gasteiger partial charge on any atom is -0.0172 e. The molecule has 0 aromatic rings. The number of fused-ring (bicyclic) bond motifs is 5. The third-order valence-corrected chi connectivity index (χ3v) is 11.3. The summed E-state index contributed by atoms with van der Waals surface area (Å²) in [4.78, 5) is 0. The first kappa shape index (κ1) is 20.7. The van der Waals surface area contributed by atoms with E-state index in [1.807, 2.05) is 0 Å². The lowest BCUT2D eigenvalue weighted by Crippen LogP contribution is -2.62. The van der Waals surface area contributed by atoms with Gasteiger partial charge < -0.3 is 0 Å². The average molecular weight is 383 g/mol. The van der Waals surface area contributed by atoms with Gasteiger partial charge in [0.05, 0.1) is 0 Å². The Kier molecular flexibility index (Phi) is 5.00. The Balaban J connectivity index is 1.64. The Hall–Kier alpha value is -0.520. The Morgan fingerprint density at radius 3 is 2.29 bits per heavy atom. The second kappa shape index (κ2) is 6.75. The van der Waals surface area contributed by atoms with E-state index in [0.29, 0.717) is 21.7 Å². The van der Waals surface area contributed by atoms with Gasteiger partial charge in [-0.2, -0.15) is 0 Å². The van der Waals surface area contributed by atoms with Gasteiger partial charge in [-0.25, -0.2) is 0 Å². The fourth-order valence-corrected chi connectivity index (χ4v) is 9.80. The first-order valence-electron chi connectivity index (χ1n) is 12.4. The molecule has 0 aromatic carbocycles. The molecule has 0 amide bonds. The molecule has 0 aliphatic heterocycles. The smallest absolute Gasteiger partial charge is 0.0172 e. The predicted octanol–water partition coefficient (Wildman–Crippen LogP) is 8.58. The molecule has 4 aliphatic rings. The lowest BCUT2D eigenvalue weighted by Gasteiger charge is -2.69. The van der Waals surface area contributed by atoms with E-state index in [0.717, 1.165) is 36.5 Å². The van der Waals surface area contributed by atoms with Crippen molar-refractivity contribution in [3.63, 3.8) is 0 Å². The normalized spacial score (nSPS) is 49.6. The van der Waals surface area contributed by atoms with Gasteiger partial charge in [0, 0.05) is 0 Å². The molecule has 4 rings (SSSR count). The van der Waals surface area contributed by atoms with E-state index in [1.54, 1.807) is 0 Å². The second-order valence-electron chi connectivity index (χ2n) is 12.6. The zero-order chi connectivity index (χ0) is 20.4. The maximum atomic E-state index is 4.57. The van der Waals surface area contributed by atoms with Crippen LogP contribution in [0.4, 0.5) is 0 Å². The van der Waals surface area contributed by atoms with Crippen molar-refractivity contribution in [2.24, 2.45) is 45.3 Å². The first-order valence-corrected chi connectivity index (χ1v) is 12.4. The molecule has 4 aliphatic carbocycles. The summed E-state index contributed by atoms with van der Waals surface area (Å²) in [7, 11) is 0. The summed E-state index contributed by atoms with van der Waals surface area (Å²) >= 11 is 0. The molecule has 4 saturated carbocycles. The van der Waals surface area contributed by atoms with Gasteiger partial charge in [0.15, 0.2) is 0 Å². The highest BCUT2D eigenvalue weighted by atomic mass is 14.7. The summed E-state index contributed by atoms with van der Waals surface area (Å²) in [6, 6.07) is 0. The summed E-state index contributed by atoms with van der Waals surface area (Å²) < 4.78 is 0. The van der Waals surface area contributed by atoms with E-state index in [9.17, 15) is 0 Å². The van der Waals surface area contributed by atoms with E-state index in [4.69, 9.17) is 0 Å². The standard InChI is InChI=1S/C28H46/c1-8-9-11-20(2)21-14-18-27(6)22(21)12-13-24-26(5)17-10-16-25(3,4)23(26)15-19-28(24,27)7/h8,21-24H,1-2,9-19H2,3-7H3/t21-,22+,23-,24+,26-,27+,28+/m0/s1. The first-order chi connectivity index (χ1) is 13.1. The highest BCUT2D eigenvalue weighted by Gasteiger charge is 2.67.